The molecule has 2 rings (SSSR count). The zero-order valence-electron chi connectivity index (χ0n) is 12.8. The van der Waals surface area contributed by atoms with Crippen molar-refractivity contribution in [1.82, 2.24) is 4.90 Å². The molecule has 1 aromatic carbocycles. The highest BCUT2D eigenvalue weighted by Gasteiger charge is 2.36. The van der Waals surface area contributed by atoms with E-state index in [4.69, 9.17) is 10.8 Å². The van der Waals surface area contributed by atoms with Gasteiger partial charge in [-0.3, -0.25) is 14.6 Å². The Morgan fingerprint density at radius 1 is 1.43 bits per heavy atom. The molecular weight excluding hydrogens is 303 g/mol. The molecule has 1 heterocycles. The lowest BCUT2D eigenvalue weighted by Gasteiger charge is -2.20. The molecule has 1 aliphatic rings. The zero-order valence-corrected chi connectivity index (χ0v) is 12.8. The van der Waals surface area contributed by atoms with Gasteiger partial charge in [-0.15, -0.1) is 0 Å². The molecule has 0 radical (unpaired) electrons. The predicted molar refractivity (Wildman–Crippen MR) is 83.3 cm³/mol. The summed E-state index contributed by atoms with van der Waals surface area (Å²) in [4.78, 5) is 25.5. The molecule has 1 unspecified atom stereocenters. The molecule has 0 saturated heterocycles. The van der Waals surface area contributed by atoms with Crippen LogP contribution in [0.1, 0.15) is 13.3 Å². The predicted octanol–water partition coefficient (Wildman–Crippen LogP) is 0.0865. The van der Waals surface area contributed by atoms with Crippen LogP contribution in [0.3, 0.4) is 0 Å². The molecule has 124 valence electrons. The molecule has 0 aromatic heterocycles. The second-order valence-corrected chi connectivity index (χ2v) is 5.10. The summed E-state index contributed by atoms with van der Waals surface area (Å²) in [6.45, 7) is 2.22. The minimum Gasteiger partial charge on any atom is -0.395 e. The van der Waals surface area contributed by atoms with Crippen LogP contribution in [0.2, 0.25) is 0 Å². The third kappa shape index (κ3) is 3.65. The number of hydrazone groups is 1. The molecule has 0 fully saturated rings. The van der Waals surface area contributed by atoms with E-state index in [0.717, 1.165) is 0 Å². The lowest BCUT2D eigenvalue weighted by atomic mass is 10.1. The molecule has 8 heteroatoms. The van der Waals surface area contributed by atoms with Crippen molar-refractivity contribution in [1.29, 1.82) is 0 Å². The second kappa shape index (κ2) is 7.19. The van der Waals surface area contributed by atoms with Crippen molar-refractivity contribution in [2.45, 2.75) is 19.4 Å². The molecule has 0 spiro atoms. The van der Waals surface area contributed by atoms with Crippen LogP contribution in [0, 0.1) is 5.82 Å². The van der Waals surface area contributed by atoms with E-state index in [2.05, 4.69) is 5.10 Å². The first-order chi connectivity index (χ1) is 11.0. The SMILES string of the molecule is CCN(CCO)C(=O)C1=NN(c2ccc(F)cc2)C(C(N)=O)C1. The lowest BCUT2D eigenvalue weighted by Crippen LogP contribution is -2.41. The number of hydrogen-bond donors (Lipinski definition) is 2. The van der Waals surface area contributed by atoms with Gasteiger partial charge in [0.15, 0.2) is 0 Å². The van der Waals surface area contributed by atoms with Gasteiger partial charge in [0.25, 0.3) is 5.91 Å². The van der Waals surface area contributed by atoms with E-state index in [1.807, 2.05) is 0 Å². The number of nitrogens with zero attached hydrogens (tertiary/aromatic N) is 3. The van der Waals surface area contributed by atoms with Crippen molar-refractivity contribution < 1.29 is 19.1 Å². The monoisotopic (exact) mass is 322 g/mol. The third-order valence-electron chi connectivity index (χ3n) is 3.62. The maximum Gasteiger partial charge on any atom is 0.270 e. The molecule has 0 bridgehead atoms. The number of nitrogens with two attached hydrogens (primary N) is 1. The Balaban J connectivity index is 2.28. The Morgan fingerprint density at radius 2 is 2.09 bits per heavy atom. The number of benzene rings is 1. The van der Waals surface area contributed by atoms with Crippen molar-refractivity contribution in [2.24, 2.45) is 10.8 Å². The van der Waals surface area contributed by atoms with E-state index in [-0.39, 0.29) is 31.2 Å². The summed E-state index contributed by atoms with van der Waals surface area (Å²) in [7, 11) is 0. The van der Waals surface area contributed by atoms with E-state index in [1.54, 1.807) is 6.92 Å². The number of halogens is 1. The topological polar surface area (TPSA) is 99.2 Å². The maximum absolute atomic E-state index is 13.0. The number of carbonyl (C=O) groups is 2. The molecule has 23 heavy (non-hydrogen) atoms. The van der Waals surface area contributed by atoms with Gasteiger partial charge in [-0.1, -0.05) is 0 Å². The van der Waals surface area contributed by atoms with Gasteiger partial charge in [0.05, 0.1) is 12.3 Å². The molecule has 3 N–H and O–H groups in total. The first-order valence-electron chi connectivity index (χ1n) is 7.29. The Hall–Kier alpha value is -2.48. The van der Waals surface area contributed by atoms with Crippen LogP contribution in [0.4, 0.5) is 10.1 Å². The van der Waals surface area contributed by atoms with Crippen LogP contribution in [0.15, 0.2) is 29.4 Å². The van der Waals surface area contributed by atoms with Gasteiger partial charge in [-0.25, -0.2) is 4.39 Å². The van der Waals surface area contributed by atoms with Gasteiger partial charge in [-0.05, 0) is 31.2 Å². The van der Waals surface area contributed by atoms with Crippen molar-refractivity contribution in [2.75, 3.05) is 24.7 Å². The summed E-state index contributed by atoms with van der Waals surface area (Å²) in [5.74, 6) is -1.38. The van der Waals surface area contributed by atoms with E-state index < -0.39 is 17.8 Å². The quantitative estimate of drug-likeness (QED) is 0.775. The lowest BCUT2D eigenvalue weighted by molar-refractivity contribution is -0.124. The average Bonchev–Trinajstić information content (AvgIpc) is 2.98. The van der Waals surface area contributed by atoms with Crippen molar-refractivity contribution in [3.63, 3.8) is 0 Å². The van der Waals surface area contributed by atoms with E-state index in [1.165, 1.54) is 34.2 Å². The fourth-order valence-electron chi connectivity index (χ4n) is 2.40. The largest absolute Gasteiger partial charge is 0.395 e. The second-order valence-electron chi connectivity index (χ2n) is 5.10. The number of likely N-dealkylation sites (N-methyl/N-ethyl adjacent to an activating group) is 1. The molecule has 0 saturated carbocycles. The molecule has 1 aliphatic heterocycles. The average molecular weight is 322 g/mol. The zero-order chi connectivity index (χ0) is 17.0. The van der Waals surface area contributed by atoms with E-state index in [9.17, 15) is 14.0 Å². The van der Waals surface area contributed by atoms with Crippen LogP contribution in [0.5, 0.6) is 0 Å². The summed E-state index contributed by atoms with van der Waals surface area (Å²) < 4.78 is 13.0. The minimum atomic E-state index is -0.799. The highest BCUT2D eigenvalue weighted by molar-refractivity contribution is 6.40. The first-order valence-corrected chi connectivity index (χ1v) is 7.29. The molecule has 1 aromatic rings. The van der Waals surface area contributed by atoms with Crippen LogP contribution < -0.4 is 10.7 Å². The van der Waals surface area contributed by atoms with Gasteiger partial charge in [0, 0.05) is 19.5 Å². The van der Waals surface area contributed by atoms with E-state index >= 15 is 0 Å². The number of hydrogen-bond acceptors (Lipinski definition) is 5. The van der Waals surface area contributed by atoms with Gasteiger partial charge in [0.2, 0.25) is 5.91 Å². The van der Waals surface area contributed by atoms with Crippen LogP contribution in [-0.4, -0.2) is 53.3 Å². The fraction of sp³-hybridized carbons (Fsp3) is 0.400. The van der Waals surface area contributed by atoms with Crippen molar-refractivity contribution >= 4 is 23.2 Å². The highest BCUT2D eigenvalue weighted by atomic mass is 19.1. The Morgan fingerprint density at radius 3 is 2.61 bits per heavy atom. The Kier molecular flexibility index (Phi) is 5.28. The van der Waals surface area contributed by atoms with Gasteiger partial charge >= 0.3 is 0 Å². The first kappa shape index (κ1) is 16.9. The Labute approximate surface area is 133 Å². The smallest absolute Gasteiger partial charge is 0.270 e. The summed E-state index contributed by atoms with van der Waals surface area (Å²) >= 11 is 0. The summed E-state index contributed by atoms with van der Waals surface area (Å²) in [5, 5.41) is 14.5. The van der Waals surface area contributed by atoms with Crippen LogP contribution in [0.25, 0.3) is 0 Å². The number of primary amides is 1. The number of rotatable bonds is 6. The normalized spacial score (nSPS) is 17.1. The number of anilines is 1. The minimum absolute atomic E-state index is 0.0769. The van der Waals surface area contributed by atoms with E-state index in [0.29, 0.717) is 12.2 Å². The summed E-state index contributed by atoms with van der Waals surface area (Å²) in [6.07, 6.45) is 0.0769. The number of aliphatic hydroxyl groups excluding tert-OH is 1. The molecule has 2 amide bonds. The van der Waals surface area contributed by atoms with Crippen molar-refractivity contribution in [3.05, 3.63) is 30.1 Å². The standard InChI is InChI=1S/C15H19FN4O3/c1-2-19(7-8-21)15(23)12-9-13(14(17)22)20(18-12)11-5-3-10(16)4-6-11/h3-6,13,21H,2,7-9H2,1H3,(H2,17,22). The van der Waals surface area contributed by atoms with Crippen LogP contribution in [-0.2, 0) is 9.59 Å². The summed E-state index contributed by atoms with van der Waals surface area (Å²) in [6, 6.07) is 4.62. The highest BCUT2D eigenvalue weighted by Crippen LogP contribution is 2.25. The van der Waals surface area contributed by atoms with Gasteiger partial charge < -0.3 is 15.7 Å². The fourth-order valence-corrected chi connectivity index (χ4v) is 2.40. The van der Waals surface area contributed by atoms with Gasteiger partial charge in [0.1, 0.15) is 17.6 Å². The van der Waals surface area contributed by atoms with Gasteiger partial charge in [-0.2, -0.15) is 5.10 Å². The number of amides is 2. The molecular formula is C15H19FN4O3. The van der Waals surface area contributed by atoms with Crippen molar-refractivity contribution in [3.8, 4) is 0 Å². The summed E-state index contributed by atoms with van der Waals surface area (Å²) in [5.41, 5.74) is 6.06. The number of aliphatic hydroxyl groups is 1. The molecule has 1 atom stereocenters. The third-order valence-corrected chi connectivity index (χ3v) is 3.62. The molecule has 7 nitrogen and oxygen atoms in total. The van der Waals surface area contributed by atoms with Crippen LogP contribution >= 0.6 is 0 Å². The maximum atomic E-state index is 13.0. The Bertz CT molecular complexity index is 618. The number of carbonyl (C=O) groups excluding carboxylic acids is 2. The molecule has 0 aliphatic carbocycles.